The minimum Gasteiger partial charge on any atom is -0.496 e. The molecule has 0 aliphatic rings. The van der Waals surface area contributed by atoms with Crippen LogP contribution in [0.15, 0.2) is 18.2 Å². The zero-order valence-corrected chi connectivity index (χ0v) is 8.54. The fraction of sp³-hybridized carbons (Fsp3) is 0.455. The maximum absolute atomic E-state index is 12.7. The number of methoxy groups -OCH3 is 1. The number of hydrogen-bond donors (Lipinski definition) is 1. The number of ether oxygens (including phenoxy) is 1. The fourth-order valence-corrected chi connectivity index (χ4v) is 1.50. The Bertz CT molecular complexity index is 313. The Hall–Kier alpha value is -1.16. The van der Waals surface area contributed by atoms with Gasteiger partial charge in [-0.15, -0.1) is 0 Å². The fourth-order valence-electron chi connectivity index (χ4n) is 1.50. The molecule has 0 spiro atoms. The molecule has 84 valence electrons. The number of halogens is 2. The van der Waals surface area contributed by atoms with E-state index < -0.39 is 6.43 Å². The normalized spacial score (nSPS) is 10.7. The van der Waals surface area contributed by atoms with Gasteiger partial charge in [-0.2, -0.15) is 0 Å². The number of aliphatic hydroxyl groups is 1. The van der Waals surface area contributed by atoms with E-state index in [1.807, 2.05) is 0 Å². The Morgan fingerprint density at radius 2 is 2.13 bits per heavy atom. The van der Waals surface area contributed by atoms with Gasteiger partial charge in [0, 0.05) is 17.7 Å². The zero-order valence-electron chi connectivity index (χ0n) is 8.54. The van der Waals surface area contributed by atoms with E-state index in [1.54, 1.807) is 12.1 Å². The van der Waals surface area contributed by atoms with Gasteiger partial charge in [0.15, 0.2) is 0 Å². The highest BCUT2D eigenvalue weighted by Crippen LogP contribution is 2.30. The Balaban J connectivity index is 3.03. The molecule has 1 N–H and O–H groups in total. The van der Waals surface area contributed by atoms with Crippen LogP contribution in [0.25, 0.3) is 0 Å². The third-order valence-corrected chi connectivity index (χ3v) is 2.21. The summed E-state index contributed by atoms with van der Waals surface area (Å²) < 4.78 is 30.3. The van der Waals surface area contributed by atoms with Crippen LogP contribution < -0.4 is 4.74 Å². The van der Waals surface area contributed by atoms with Crippen molar-refractivity contribution in [2.45, 2.75) is 19.3 Å². The zero-order chi connectivity index (χ0) is 11.3. The molecule has 4 heteroatoms. The van der Waals surface area contributed by atoms with Gasteiger partial charge in [0.1, 0.15) is 5.75 Å². The molecule has 2 nitrogen and oxygen atoms in total. The van der Waals surface area contributed by atoms with Crippen LogP contribution in [-0.2, 0) is 6.42 Å². The highest BCUT2D eigenvalue weighted by molar-refractivity contribution is 5.41. The molecule has 1 rings (SSSR count). The van der Waals surface area contributed by atoms with Gasteiger partial charge in [0.05, 0.1) is 7.11 Å². The SMILES string of the molecule is COc1cccc(C(F)F)c1CCCO. The van der Waals surface area contributed by atoms with Gasteiger partial charge in [0.25, 0.3) is 6.43 Å². The minimum absolute atomic E-state index is 0.0113. The highest BCUT2D eigenvalue weighted by atomic mass is 19.3. The molecule has 0 radical (unpaired) electrons. The number of hydrogen-bond acceptors (Lipinski definition) is 2. The predicted octanol–water partition coefficient (Wildman–Crippen LogP) is 2.56. The van der Waals surface area contributed by atoms with Gasteiger partial charge >= 0.3 is 0 Å². The largest absolute Gasteiger partial charge is 0.496 e. The third-order valence-electron chi connectivity index (χ3n) is 2.21. The first-order chi connectivity index (χ1) is 7.20. The smallest absolute Gasteiger partial charge is 0.264 e. The first-order valence-corrected chi connectivity index (χ1v) is 4.75. The summed E-state index contributed by atoms with van der Waals surface area (Å²) in [4.78, 5) is 0. The lowest BCUT2D eigenvalue weighted by Crippen LogP contribution is -2.00. The van der Waals surface area contributed by atoms with Gasteiger partial charge in [-0.3, -0.25) is 0 Å². The first-order valence-electron chi connectivity index (χ1n) is 4.75. The monoisotopic (exact) mass is 216 g/mol. The maximum Gasteiger partial charge on any atom is 0.264 e. The molecule has 0 heterocycles. The van der Waals surface area contributed by atoms with Crippen molar-refractivity contribution in [3.63, 3.8) is 0 Å². The summed E-state index contributed by atoms with van der Waals surface area (Å²) in [6.07, 6.45) is -1.64. The van der Waals surface area contributed by atoms with Gasteiger partial charge < -0.3 is 9.84 Å². The van der Waals surface area contributed by atoms with E-state index in [-0.39, 0.29) is 12.2 Å². The van der Waals surface area contributed by atoms with Crippen molar-refractivity contribution in [3.05, 3.63) is 29.3 Å². The van der Waals surface area contributed by atoms with Crippen molar-refractivity contribution in [1.29, 1.82) is 0 Å². The van der Waals surface area contributed by atoms with E-state index in [9.17, 15) is 8.78 Å². The standard InChI is InChI=1S/C11H14F2O2/c1-15-10-6-2-4-9(11(12)13)8(10)5-3-7-14/h2,4,6,11,14H,3,5,7H2,1H3. The number of benzene rings is 1. The number of rotatable bonds is 5. The number of alkyl halides is 2. The van der Waals surface area contributed by atoms with Gasteiger partial charge in [0.2, 0.25) is 0 Å². The van der Waals surface area contributed by atoms with Crippen LogP contribution in [0.1, 0.15) is 24.0 Å². The van der Waals surface area contributed by atoms with Crippen LogP contribution in [0.3, 0.4) is 0 Å². The number of aliphatic hydroxyl groups excluding tert-OH is 1. The average molecular weight is 216 g/mol. The average Bonchev–Trinajstić information content (AvgIpc) is 2.25. The summed E-state index contributed by atoms with van der Waals surface area (Å²) in [6.45, 7) is -0.0132. The second-order valence-electron chi connectivity index (χ2n) is 3.16. The summed E-state index contributed by atoms with van der Waals surface area (Å²) in [7, 11) is 1.45. The molecular weight excluding hydrogens is 202 g/mol. The quantitative estimate of drug-likeness (QED) is 0.819. The third kappa shape index (κ3) is 2.89. The molecule has 0 unspecified atom stereocenters. The van der Waals surface area contributed by atoms with E-state index >= 15 is 0 Å². The highest BCUT2D eigenvalue weighted by Gasteiger charge is 2.15. The van der Waals surface area contributed by atoms with E-state index in [0.717, 1.165) is 0 Å². The predicted molar refractivity (Wildman–Crippen MR) is 53.4 cm³/mol. The van der Waals surface area contributed by atoms with Crippen LogP contribution in [0.5, 0.6) is 5.75 Å². The van der Waals surface area contributed by atoms with Crippen molar-refractivity contribution in [3.8, 4) is 5.75 Å². The lowest BCUT2D eigenvalue weighted by Gasteiger charge is -2.12. The summed E-state index contributed by atoms with van der Waals surface area (Å²) in [5.74, 6) is 0.459. The van der Waals surface area contributed by atoms with Crippen LogP contribution in [0.2, 0.25) is 0 Å². The van der Waals surface area contributed by atoms with Crippen molar-refractivity contribution in [1.82, 2.24) is 0 Å². The molecule has 0 saturated heterocycles. The molecular formula is C11H14F2O2. The molecule has 0 aliphatic carbocycles. The molecule has 0 atom stereocenters. The Morgan fingerprint density at radius 1 is 1.40 bits per heavy atom. The van der Waals surface area contributed by atoms with E-state index in [2.05, 4.69) is 0 Å². The van der Waals surface area contributed by atoms with Crippen LogP contribution in [0.4, 0.5) is 8.78 Å². The second-order valence-corrected chi connectivity index (χ2v) is 3.16. The minimum atomic E-state index is -2.51. The first kappa shape index (κ1) is 11.9. The molecule has 0 aromatic heterocycles. The van der Waals surface area contributed by atoms with E-state index in [1.165, 1.54) is 13.2 Å². The molecule has 0 saturated carbocycles. The molecule has 0 amide bonds. The van der Waals surface area contributed by atoms with Crippen molar-refractivity contribution in [2.24, 2.45) is 0 Å². The summed E-state index contributed by atoms with van der Waals surface area (Å²) in [5.41, 5.74) is 0.479. The van der Waals surface area contributed by atoms with Crippen LogP contribution in [0, 0.1) is 0 Å². The summed E-state index contributed by atoms with van der Waals surface area (Å²) in [6, 6.07) is 4.58. The van der Waals surface area contributed by atoms with E-state index in [4.69, 9.17) is 9.84 Å². The lowest BCUT2D eigenvalue weighted by atomic mass is 10.0. The van der Waals surface area contributed by atoms with Gasteiger partial charge in [-0.25, -0.2) is 8.78 Å². The van der Waals surface area contributed by atoms with Crippen LogP contribution >= 0.6 is 0 Å². The Kier molecular flexibility index (Phi) is 4.49. The Morgan fingerprint density at radius 3 is 2.67 bits per heavy atom. The Labute approximate surface area is 87.5 Å². The summed E-state index contributed by atoms with van der Waals surface area (Å²) >= 11 is 0. The molecule has 1 aromatic carbocycles. The van der Waals surface area contributed by atoms with Crippen molar-refractivity contribution < 1.29 is 18.6 Å². The maximum atomic E-state index is 12.7. The molecule has 0 aliphatic heterocycles. The van der Waals surface area contributed by atoms with E-state index in [0.29, 0.717) is 24.2 Å². The van der Waals surface area contributed by atoms with Gasteiger partial charge in [-0.05, 0) is 18.9 Å². The molecule has 0 fully saturated rings. The van der Waals surface area contributed by atoms with Crippen LogP contribution in [-0.4, -0.2) is 18.8 Å². The molecule has 1 aromatic rings. The van der Waals surface area contributed by atoms with Gasteiger partial charge in [-0.1, -0.05) is 12.1 Å². The topological polar surface area (TPSA) is 29.5 Å². The lowest BCUT2D eigenvalue weighted by molar-refractivity contribution is 0.149. The summed E-state index contributed by atoms with van der Waals surface area (Å²) in [5, 5.41) is 8.69. The van der Waals surface area contributed by atoms with Crippen molar-refractivity contribution >= 4 is 0 Å². The van der Waals surface area contributed by atoms with Crippen molar-refractivity contribution in [2.75, 3.05) is 13.7 Å². The molecule has 15 heavy (non-hydrogen) atoms. The molecule has 0 bridgehead atoms. The second kappa shape index (κ2) is 5.66.